The van der Waals surface area contributed by atoms with Crippen LogP contribution in [0.5, 0.6) is 0 Å². The summed E-state index contributed by atoms with van der Waals surface area (Å²) in [7, 11) is 0. The molecule has 0 aromatic heterocycles. The largest absolute Gasteiger partial charge is 0.480 e. The Hall–Kier alpha value is -0.910. The number of urea groups is 1. The molecule has 1 saturated heterocycles. The fourth-order valence-electron chi connectivity index (χ4n) is 1.76. The standard InChI is InChI=1S/C11H20N2O3S/c1-3-5-6-12(4-2)11(16)13-8-17-7-9(13)10(14)15/h9H,3-8H2,1-2H3,(H,14,15)/t9-/m0/s1. The molecule has 1 aliphatic rings. The van der Waals surface area contributed by atoms with Gasteiger partial charge < -0.3 is 14.9 Å². The molecular weight excluding hydrogens is 240 g/mol. The van der Waals surface area contributed by atoms with Crippen molar-refractivity contribution in [2.75, 3.05) is 24.7 Å². The molecule has 98 valence electrons. The minimum Gasteiger partial charge on any atom is -0.480 e. The Bertz CT molecular complexity index is 286. The van der Waals surface area contributed by atoms with Crippen molar-refractivity contribution in [1.29, 1.82) is 0 Å². The van der Waals surface area contributed by atoms with Crippen LogP contribution in [0.4, 0.5) is 4.79 Å². The summed E-state index contributed by atoms with van der Waals surface area (Å²) < 4.78 is 0. The Balaban J connectivity index is 2.63. The third-order valence-corrected chi connectivity index (χ3v) is 3.86. The summed E-state index contributed by atoms with van der Waals surface area (Å²) in [6, 6.07) is -0.804. The summed E-state index contributed by atoms with van der Waals surface area (Å²) in [4.78, 5) is 26.4. The Morgan fingerprint density at radius 3 is 2.71 bits per heavy atom. The lowest BCUT2D eigenvalue weighted by Crippen LogP contribution is -2.48. The van der Waals surface area contributed by atoms with Gasteiger partial charge >= 0.3 is 12.0 Å². The van der Waals surface area contributed by atoms with Gasteiger partial charge in [-0.25, -0.2) is 9.59 Å². The number of aliphatic carboxylic acids is 1. The van der Waals surface area contributed by atoms with E-state index in [-0.39, 0.29) is 6.03 Å². The van der Waals surface area contributed by atoms with Crippen molar-refractivity contribution in [3.8, 4) is 0 Å². The zero-order chi connectivity index (χ0) is 12.8. The van der Waals surface area contributed by atoms with Crippen LogP contribution < -0.4 is 0 Å². The van der Waals surface area contributed by atoms with Crippen molar-refractivity contribution >= 4 is 23.8 Å². The molecule has 0 radical (unpaired) electrons. The first-order valence-electron chi connectivity index (χ1n) is 5.97. The monoisotopic (exact) mass is 260 g/mol. The van der Waals surface area contributed by atoms with Crippen molar-refractivity contribution in [1.82, 2.24) is 9.80 Å². The summed E-state index contributed by atoms with van der Waals surface area (Å²) in [6.45, 7) is 5.34. The average molecular weight is 260 g/mol. The van der Waals surface area contributed by atoms with Gasteiger partial charge in [0.2, 0.25) is 0 Å². The number of thioether (sulfide) groups is 1. The van der Waals surface area contributed by atoms with E-state index in [1.807, 2.05) is 6.92 Å². The van der Waals surface area contributed by atoms with Gasteiger partial charge in [-0.15, -0.1) is 11.8 Å². The number of rotatable bonds is 5. The van der Waals surface area contributed by atoms with Crippen molar-refractivity contribution < 1.29 is 14.7 Å². The summed E-state index contributed by atoms with van der Waals surface area (Å²) >= 11 is 1.50. The van der Waals surface area contributed by atoms with E-state index >= 15 is 0 Å². The highest BCUT2D eigenvalue weighted by Crippen LogP contribution is 2.22. The van der Waals surface area contributed by atoms with Gasteiger partial charge in [0.05, 0.1) is 5.88 Å². The Labute approximate surface area is 106 Å². The molecule has 0 aliphatic carbocycles. The van der Waals surface area contributed by atoms with E-state index in [0.717, 1.165) is 12.8 Å². The molecule has 1 rings (SSSR count). The quantitative estimate of drug-likeness (QED) is 0.817. The van der Waals surface area contributed by atoms with Gasteiger partial charge in [0.15, 0.2) is 0 Å². The second kappa shape index (κ2) is 6.74. The molecule has 1 N–H and O–H groups in total. The molecule has 17 heavy (non-hydrogen) atoms. The average Bonchev–Trinajstić information content (AvgIpc) is 2.78. The van der Waals surface area contributed by atoms with Crippen LogP contribution in [0.15, 0.2) is 0 Å². The molecule has 1 aliphatic heterocycles. The summed E-state index contributed by atoms with van der Waals surface area (Å²) in [5, 5.41) is 9.04. The van der Waals surface area contributed by atoms with Gasteiger partial charge in [-0.2, -0.15) is 0 Å². The molecule has 1 heterocycles. The fourth-order valence-corrected chi connectivity index (χ4v) is 2.89. The first-order valence-corrected chi connectivity index (χ1v) is 7.13. The molecule has 0 bridgehead atoms. The van der Waals surface area contributed by atoms with Gasteiger partial charge in [-0.3, -0.25) is 0 Å². The molecule has 1 fully saturated rings. The highest BCUT2D eigenvalue weighted by atomic mass is 32.2. The lowest BCUT2D eigenvalue weighted by atomic mass is 10.3. The summed E-state index contributed by atoms with van der Waals surface area (Å²) in [5.41, 5.74) is 0. The van der Waals surface area contributed by atoms with Crippen LogP contribution in [-0.2, 0) is 4.79 Å². The van der Waals surface area contributed by atoms with E-state index in [2.05, 4.69) is 6.92 Å². The predicted molar refractivity (Wildman–Crippen MR) is 68.1 cm³/mol. The minimum atomic E-state index is -0.908. The van der Waals surface area contributed by atoms with Crippen molar-refractivity contribution in [3.05, 3.63) is 0 Å². The van der Waals surface area contributed by atoms with Crippen LogP contribution in [0, 0.1) is 0 Å². The predicted octanol–water partition coefficient (Wildman–Crippen LogP) is 1.69. The van der Waals surface area contributed by atoms with E-state index in [1.165, 1.54) is 16.7 Å². The number of carboxylic acids is 1. The number of amides is 2. The van der Waals surface area contributed by atoms with E-state index in [4.69, 9.17) is 5.11 Å². The topological polar surface area (TPSA) is 60.9 Å². The first-order chi connectivity index (χ1) is 8.11. The molecule has 0 unspecified atom stereocenters. The maximum Gasteiger partial charge on any atom is 0.327 e. The van der Waals surface area contributed by atoms with E-state index in [0.29, 0.717) is 24.7 Å². The summed E-state index contributed by atoms with van der Waals surface area (Å²) in [5.74, 6) is 0.0695. The van der Waals surface area contributed by atoms with E-state index < -0.39 is 12.0 Å². The third-order valence-electron chi connectivity index (χ3n) is 2.85. The van der Waals surface area contributed by atoms with Crippen molar-refractivity contribution in [2.45, 2.75) is 32.7 Å². The Morgan fingerprint density at radius 1 is 1.47 bits per heavy atom. The van der Waals surface area contributed by atoms with Crippen molar-refractivity contribution in [3.63, 3.8) is 0 Å². The van der Waals surface area contributed by atoms with Crippen LogP contribution in [-0.4, -0.2) is 57.7 Å². The SMILES string of the molecule is CCCCN(CC)C(=O)N1CSC[C@H]1C(=O)O. The molecular formula is C11H20N2O3S. The zero-order valence-electron chi connectivity index (χ0n) is 10.4. The van der Waals surface area contributed by atoms with Crippen LogP contribution in [0.1, 0.15) is 26.7 Å². The Kier molecular flexibility index (Phi) is 5.61. The second-order valence-electron chi connectivity index (χ2n) is 4.04. The molecule has 2 amide bonds. The number of hydrogen-bond acceptors (Lipinski definition) is 3. The first kappa shape index (κ1) is 14.2. The number of nitrogens with zero attached hydrogens (tertiary/aromatic N) is 2. The summed E-state index contributed by atoms with van der Waals surface area (Å²) in [6.07, 6.45) is 1.99. The molecule has 0 spiro atoms. The van der Waals surface area contributed by atoms with Gasteiger partial charge in [-0.05, 0) is 13.3 Å². The van der Waals surface area contributed by atoms with Crippen LogP contribution in [0.3, 0.4) is 0 Å². The highest BCUT2D eigenvalue weighted by molar-refractivity contribution is 7.99. The molecule has 1 atom stereocenters. The number of hydrogen-bond donors (Lipinski definition) is 1. The minimum absolute atomic E-state index is 0.140. The number of carbonyl (C=O) groups excluding carboxylic acids is 1. The van der Waals surface area contributed by atoms with Crippen LogP contribution >= 0.6 is 11.8 Å². The number of unbranched alkanes of at least 4 members (excludes halogenated alkanes) is 1. The molecule has 0 aromatic rings. The fraction of sp³-hybridized carbons (Fsp3) is 0.818. The number of carbonyl (C=O) groups is 2. The Morgan fingerprint density at radius 2 is 2.18 bits per heavy atom. The zero-order valence-corrected chi connectivity index (χ0v) is 11.2. The normalized spacial score (nSPS) is 19.4. The van der Waals surface area contributed by atoms with Gasteiger partial charge in [0.25, 0.3) is 0 Å². The van der Waals surface area contributed by atoms with Gasteiger partial charge in [0, 0.05) is 18.8 Å². The number of carboxylic acid groups (broad SMARTS) is 1. The van der Waals surface area contributed by atoms with Gasteiger partial charge in [0.1, 0.15) is 6.04 Å². The van der Waals surface area contributed by atoms with Crippen molar-refractivity contribution in [2.24, 2.45) is 0 Å². The van der Waals surface area contributed by atoms with E-state index in [9.17, 15) is 9.59 Å². The molecule has 5 nitrogen and oxygen atoms in total. The molecule has 0 aromatic carbocycles. The third kappa shape index (κ3) is 3.52. The van der Waals surface area contributed by atoms with E-state index in [1.54, 1.807) is 4.90 Å². The smallest absolute Gasteiger partial charge is 0.327 e. The highest BCUT2D eigenvalue weighted by Gasteiger charge is 2.36. The molecule has 0 saturated carbocycles. The van der Waals surface area contributed by atoms with Gasteiger partial charge in [-0.1, -0.05) is 13.3 Å². The lowest BCUT2D eigenvalue weighted by molar-refractivity contribution is -0.140. The second-order valence-corrected chi connectivity index (χ2v) is 5.04. The maximum atomic E-state index is 12.2. The van der Waals surface area contributed by atoms with Crippen LogP contribution in [0.2, 0.25) is 0 Å². The van der Waals surface area contributed by atoms with Crippen LogP contribution in [0.25, 0.3) is 0 Å². The lowest BCUT2D eigenvalue weighted by Gasteiger charge is -2.28. The maximum absolute atomic E-state index is 12.2. The molecule has 6 heteroatoms.